The van der Waals surface area contributed by atoms with Gasteiger partial charge >= 0.3 is 0 Å². The van der Waals surface area contributed by atoms with Crippen LogP contribution < -0.4 is 5.73 Å². The fraction of sp³-hybridized carbons (Fsp3) is 0.333. The van der Waals surface area contributed by atoms with Crippen LogP contribution >= 0.6 is 34.4 Å². The molecule has 0 atom stereocenters. The lowest BCUT2D eigenvalue weighted by Crippen LogP contribution is -1.80. The first-order valence-electron chi connectivity index (χ1n) is 3.75. The molecule has 0 amide bonds. The van der Waals surface area contributed by atoms with Gasteiger partial charge in [0.1, 0.15) is 10.0 Å². The second kappa shape index (κ2) is 4.20. The Labute approximate surface area is 92.8 Å². The number of hydrogen-bond donors (Lipinski definition) is 1. The molecule has 2 rings (SSSR count). The summed E-state index contributed by atoms with van der Waals surface area (Å²) in [5.74, 6) is 0.753. The Morgan fingerprint density at radius 2 is 2.07 bits per heavy atom. The van der Waals surface area contributed by atoms with Crippen molar-refractivity contribution in [2.75, 3.05) is 5.73 Å². The molecule has 0 aromatic carbocycles. The first-order valence-corrected chi connectivity index (χ1v) is 6.36. The first-order chi connectivity index (χ1) is 6.74. The summed E-state index contributed by atoms with van der Waals surface area (Å²) in [5, 5.41) is 18.0. The van der Waals surface area contributed by atoms with Crippen molar-refractivity contribution < 1.29 is 0 Å². The summed E-state index contributed by atoms with van der Waals surface area (Å²) in [6.45, 7) is 1.94. The zero-order chi connectivity index (χ0) is 9.97. The molecule has 0 unspecified atom stereocenters. The Morgan fingerprint density at radius 1 is 1.21 bits per heavy atom. The predicted molar refractivity (Wildman–Crippen MR) is 58.5 cm³/mol. The van der Waals surface area contributed by atoms with Gasteiger partial charge in [0, 0.05) is 0 Å². The van der Waals surface area contributed by atoms with Crippen LogP contribution in [0.4, 0.5) is 5.13 Å². The van der Waals surface area contributed by atoms with E-state index >= 15 is 0 Å². The number of aryl methyl sites for hydroxylation is 1. The molecule has 0 radical (unpaired) electrons. The van der Waals surface area contributed by atoms with E-state index < -0.39 is 0 Å². The fourth-order valence-corrected chi connectivity index (χ4v) is 3.20. The topological polar surface area (TPSA) is 77.6 Å². The molecule has 0 bridgehead atoms. The minimum absolute atomic E-state index is 0.508. The van der Waals surface area contributed by atoms with Crippen molar-refractivity contribution in [3.8, 4) is 0 Å². The van der Waals surface area contributed by atoms with Gasteiger partial charge in [-0.05, 0) is 6.92 Å². The molecule has 74 valence electrons. The zero-order valence-electron chi connectivity index (χ0n) is 7.30. The van der Waals surface area contributed by atoms with Crippen molar-refractivity contribution in [2.24, 2.45) is 0 Å². The van der Waals surface area contributed by atoms with E-state index in [0.29, 0.717) is 5.13 Å². The van der Waals surface area contributed by atoms with Crippen LogP contribution in [0.15, 0.2) is 4.34 Å². The quantitative estimate of drug-likeness (QED) is 0.827. The molecule has 0 spiro atoms. The van der Waals surface area contributed by atoms with Crippen LogP contribution in [0.3, 0.4) is 0 Å². The maximum atomic E-state index is 5.46. The van der Waals surface area contributed by atoms with Gasteiger partial charge in [0.15, 0.2) is 4.34 Å². The van der Waals surface area contributed by atoms with Crippen molar-refractivity contribution in [1.29, 1.82) is 0 Å². The number of thioether (sulfide) groups is 1. The largest absolute Gasteiger partial charge is 0.374 e. The molecule has 2 N–H and O–H groups in total. The van der Waals surface area contributed by atoms with Crippen molar-refractivity contribution >= 4 is 39.6 Å². The van der Waals surface area contributed by atoms with Crippen molar-refractivity contribution in [2.45, 2.75) is 17.0 Å². The van der Waals surface area contributed by atoms with Gasteiger partial charge in [0.05, 0.1) is 5.75 Å². The smallest absolute Gasteiger partial charge is 0.203 e. The summed E-state index contributed by atoms with van der Waals surface area (Å²) in [4.78, 5) is 0. The number of nitrogen functional groups attached to an aromatic ring is 1. The third-order valence-electron chi connectivity index (χ3n) is 1.31. The summed E-state index contributed by atoms with van der Waals surface area (Å²) in [6.07, 6.45) is 0. The summed E-state index contributed by atoms with van der Waals surface area (Å²) in [7, 11) is 0. The van der Waals surface area contributed by atoms with Crippen LogP contribution in [0.1, 0.15) is 10.0 Å². The normalized spacial score (nSPS) is 10.6. The molecule has 0 aliphatic rings. The van der Waals surface area contributed by atoms with Crippen LogP contribution in [-0.4, -0.2) is 20.4 Å². The molecule has 0 fully saturated rings. The van der Waals surface area contributed by atoms with Gasteiger partial charge in [-0.2, -0.15) is 0 Å². The third-order valence-corrected chi connectivity index (χ3v) is 4.23. The Hall–Kier alpha value is -0.730. The number of anilines is 1. The van der Waals surface area contributed by atoms with Gasteiger partial charge in [-0.3, -0.25) is 0 Å². The lowest BCUT2D eigenvalue weighted by Gasteiger charge is -1.89. The van der Waals surface area contributed by atoms with E-state index in [2.05, 4.69) is 20.4 Å². The maximum Gasteiger partial charge on any atom is 0.203 e. The molecule has 0 aliphatic carbocycles. The minimum Gasteiger partial charge on any atom is -0.374 e. The van der Waals surface area contributed by atoms with Crippen LogP contribution in [0.25, 0.3) is 0 Å². The average molecular weight is 245 g/mol. The fourth-order valence-electron chi connectivity index (χ4n) is 0.785. The van der Waals surface area contributed by atoms with Gasteiger partial charge in [-0.25, -0.2) is 0 Å². The second-order valence-electron chi connectivity index (χ2n) is 2.41. The highest BCUT2D eigenvalue weighted by atomic mass is 32.2. The van der Waals surface area contributed by atoms with Gasteiger partial charge in [-0.15, -0.1) is 20.4 Å². The molecule has 0 saturated heterocycles. The molecule has 2 heterocycles. The molecule has 2 aromatic heterocycles. The Balaban J connectivity index is 1.94. The molecule has 8 heteroatoms. The molecular formula is C6H7N5S3. The SMILES string of the molecule is Cc1nnc(SCc2nnc(N)s2)s1. The summed E-state index contributed by atoms with van der Waals surface area (Å²) in [6, 6.07) is 0. The number of nitrogens with two attached hydrogens (primary N) is 1. The highest BCUT2D eigenvalue weighted by molar-refractivity contribution is 8.00. The zero-order valence-corrected chi connectivity index (χ0v) is 9.75. The van der Waals surface area contributed by atoms with Gasteiger partial charge in [-0.1, -0.05) is 34.4 Å². The van der Waals surface area contributed by atoms with E-state index in [9.17, 15) is 0 Å². The second-order valence-corrected chi connectivity index (χ2v) is 5.91. The van der Waals surface area contributed by atoms with E-state index in [1.807, 2.05) is 6.92 Å². The summed E-state index contributed by atoms with van der Waals surface area (Å²) >= 11 is 4.59. The summed E-state index contributed by atoms with van der Waals surface area (Å²) < 4.78 is 0.955. The van der Waals surface area contributed by atoms with E-state index in [4.69, 9.17) is 5.73 Å². The molecular weight excluding hydrogens is 238 g/mol. The number of aromatic nitrogens is 4. The van der Waals surface area contributed by atoms with Crippen LogP contribution in [0.5, 0.6) is 0 Å². The van der Waals surface area contributed by atoms with E-state index in [-0.39, 0.29) is 0 Å². The maximum absolute atomic E-state index is 5.46. The standard InChI is InChI=1S/C6H7N5S3/c1-3-8-11-6(13-3)12-2-4-9-10-5(7)14-4/h2H2,1H3,(H2,7,10). The minimum atomic E-state index is 0.508. The van der Waals surface area contributed by atoms with E-state index in [1.54, 1.807) is 23.1 Å². The number of nitrogens with zero attached hydrogens (tertiary/aromatic N) is 4. The molecule has 5 nitrogen and oxygen atoms in total. The van der Waals surface area contributed by atoms with E-state index in [1.165, 1.54) is 11.3 Å². The third kappa shape index (κ3) is 2.40. The number of rotatable bonds is 3. The molecule has 14 heavy (non-hydrogen) atoms. The van der Waals surface area contributed by atoms with Crippen molar-refractivity contribution in [3.63, 3.8) is 0 Å². The highest BCUT2D eigenvalue weighted by Crippen LogP contribution is 2.26. The van der Waals surface area contributed by atoms with Crippen LogP contribution in [-0.2, 0) is 5.75 Å². The Bertz CT molecular complexity index is 382. The monoisotopic (exact) mass is 245 g/mol. The van der Waals surface area contributed by atoms with Gasteiger partial charge < -0.3 is 5.73 Å². The number of hydrogen-bond acceptors (Lipinski definition) is 8. The lowest BCUT2D eigenvalue weighted by atomic mass is 10.9. The average Bonchev–Trinajstić information content (AvgIpc) is 2.72. The molecule has 0 saturated carbocycles. The van der Waals surface area contributed by atoms with Gasteiger partial charge in [0.25, 0.3) is 0 Å². The molecule has 0 aliphatic heterocycles. The van der Waals surface area contributed by atoms with Crippen LogP contribution in [0.2, 0.25) is 0 Å². The summed E-state index contributed by atoms with van der Waals surface area (Å²) in [5.41, 5.74) is 5.46. The lowest BCUT2D eigenvalue weighted by molar-refractivity contribution is 0.982. The first kappa shape index (κ1) is 9.81. The predicted octanol–water partition coefficient (Wildman–Crippen LogP) is 1.57. The van der Waals surface area contributed by atoms with Crippen LogP contribution in [0, 0.1) is 6.92 Å². The van der Waals surface area contributed by atoms with Crippen molar-refractivity contribution in [1.82, 2.24) is 20.4 Å². The Morgan fingerprint density at radius 3 is 2.64 bits per heavy atom. The Kier molecular flexibility index (Phi) is 2.94. The van der Waals surface area contributed by atoms with Gasteiger partial charge in [0.2, 0.25) is 5.13 Å². The van der Waals surface area contributed by atoms with E-state index in [0.717, 1.165) is 20.1 Å². The molecule has 2 aromatic rings. The van der Waals surface area contributed by atoms with Crippen molar-refractivity contribution in [3.05, 3.63) is 10.0 Å². The highest BCUT2D eigenvalue weighted by Gasteiger charge is 2.05.